The first-order valence-corrected chi connectivity index (χ1v) is 13.5. The minimum atomic E-state index is -4.52. The van der Waals surface area contributed by atoms with E-state index in [1.54, 1.807) is 23.1 Å². The van der Waals surface area contributed by atoms with E-state index in [1.165, 1.54) is 18.3 Å². The van der Waals surface area contributed by atoms with Gasteiger partial charge in [-0.1, -0.05) is 23.7 Å². The van der Waals surface area contributed by atoms with Gasteiger partial charge in [0.25, 0.3) is 0 Å². The number of rotatable bonds is 5. The Kier molecular flexibility index (Phi) is 6.95. The molecule has 0 aliphatic carbocycles. The summed E-state index contributed by atoms with van der Waals surface area (Å²) in [4.78, 5) is 26.1. The fourth-order valence-electron chi connectivity index (χ4n) is 5.28. The average molecular weight is 590 g/mol. The number of hydrogen-bond donors (Lipinski definition) is 1. The summed E-state index contributed by atoms with van der Waals surface area (Å²) in [5.41, 5.74) is 0.659. The van der Waals surface area contributed by atoms with E-state index in [0.717, 1.165) is 12.1 Å². The van der Waals surface area contributed by atoms with Crippen LogP contribution in [0.15, 0.2) is 48.7 Å². The van der Waals surface area contributed by atoms with E-state index in [1.807, 2.05) is 13.8 Å². The summed E-state index contributed by atoms with van der Waals surface area (Å²) in [6, 6.07) is 9.19. The molecule has 1 N–H and O–H groups in total. The summed E-state index contributed by atoms with van der Waals surface area (Å²) >= 11 is 6.53. The molecule has 13 heteroatoms. The Morgan fingerprint density at radius 2 is 2.07 bits per heavy atom. The molecule has 1 aromatic carbocycles. The third kappa shape index (κ3) is 5.64. The minimum Gasteiger partial charge on any atom is -0.475 e. The van der Waals surface area contributed by atoms with Gasteiger partial charge < -0.3 is 24.4 Å². The molecule has 9 nitrogen and oxygen atoms in total. The number of ether oxygens (including phenoxy) is 3. The van der Waals surface area contributed by atoms with Crippen LogP contribution in [0.2, 0.25) is 5.02 Å². The van der Waals surface area contributed by atoms with Gasteiger partial charge in [0.2, 0.25) is 5.88 Å². The topological polar surface area (TPSA) is 89.1 Å². The first-order valence-electron chi connectivity index (χ1n) is 13.1. The number of halogens is 4. The number of alkyl halides is 3. The fraction of sp³-hybridized carbons (Fsp3) is 0.393. The molecule has 0 saturated carbocycles. The number of carbonyl (C=O) groups excluding carboxylic acids is 1. The number of aromatic nitrogens is 2. The highest BCUT2D eigenvalue weighted by molar-refractivity contribution is 6.33. The van der Waals surface area contributed by atoms with Crippen LogP contribution in [0.5, 0.6) is 5.88 Å². The summed E-state index contributed by atoms with van der Waals surface area (Å²) in [6.07, 6.45) is -2.54. The SMILES string of the molecule is CC1(C)OC[C@@H](COc2ccc(NC(=O)N3c4nc(-c5cccc(C(F)(F)F)c5)c(Cl)cc4N4CC[C@H]3C4)cn2)O1. The summed E-state index contributed by atoms with van der Waals surface area (Å²) in [6.45, 7) is 5.66. The summed E-state index contributed by atoms with van der Waals surface area (Å²) in [5.74, 6) is 0.0587. The molecule has 6 rings (SSSR count). The van der Waals surface area contributed by atoms with Crippen molar-refractivity contribution in [2.24, 2.45) is 0 Å². The van der Waals surface area contributed by atoms with Crippen LogP contribution in [0.3, 0.4) is 0 Å². The number of fused-ring (bicyclic) bond motifs is 4. The van der Waals surface area contributed by atoms with E-state index < -0.39 is 23.6 Å². The maximum Gasteiger partial charge on any atom is 0.416 e. The molecule has 0 radical (unpaired) electrons. The Morgan fingerprint density at radius 3 is 2.78 bits per heavy atom. The highest BCUT2D eigenvalue weighted by atomic mass is 35.5. The van der Waals surface area contributed by atoms with Crippen molar-refractivity contribution < 1.29 is 32.2 Å². The smallest absolute Gasteiger partial charge is 0.416 e. The molecule has 41 heavy (non-hydrogen) atoms. The number of nitrogens with one attached hydrogen (secondary N) is 1. The number of benzene rings is 1. The molecule has 2 amide bonds. The molecule has 2 aromatic heterocycles. The van der Waals surface area contributed by atoms with Crippen LogP contribution in [0.1, 0.15) is 25.8 Å². The standard InChI is InChI=1S/C28H27ClF3N5O4/c1-27(2)40-15-20(41-27)14-39-23-7-6-18(12-33-23)34-26(38)37-19-8-9-36(13-19)22-11-21(29)24(35-25(22)37)16-4-3-5-17(10-16)28(30,31)32/h3-7,10-12,19-20H,8-9,13-15H2,1-2H3,(H,34,38)/t19-,20+/m0/s1. The molecule has 216 valence electrons. The zero-order valence-corrected chi connectivity index (χ0v) is 23.0. The van der Waals surface area contributed by atoms with Crippen LogP contribution in [0, 0.1) is 0 Å². The molecule has 0 spiro atoms. The van der Waals surface area contributed by atoms with Crippen molar-refractivity contribution in [3.8, 4) is 17.1 Å². The van der Waals surface area contributed by atoms with Crippen LogP contribution in [-0.2, 0) is 15.7 Å². The fourth-order valence-corrected chi connectivity index (χ4v) is 5.53. The third-order valence-corrected chi connectivity index (χ3v) is 7.48. The summed E-state index contributed by atoms with van der Waals surface area (Å²) in [7, 11) is 0. The van der Waals surface area contributed by atoms with E-state index in [-0.39, 0.29) is 35.0 Å². The number of pyridine rings is 2. The second-order valence-corrected chi connectivity index (χ2v) is 11.0. The van der Waals surface area contributed by atoms with E-state index in [9.17, 15) is 18.0 Å². The predicted octanol–water partition coefficient (Wildman–Crippen LogP) is 5.98. The van der Waals surface area contributed by atoms with E-state index in [0.29, 0.717) is 49.2 Å². The molecule has 3 aliphatic rings. The largest absolute Gasteiger partial charge is 0.475 e. The Morgan fingerprint density at radius 1 is 1.24 bits per heavy atom. The van der Waals surface area contributed by atoms with Gasteiger partial charge in [-0.2, -0.15) is 13.2 Å². The van der Waals surface area contributed by atoms with Crippen LogP contribution < -0.4 is 19.9 Å². The van der Waals surface area contributed by atoms with E-state index >= 15 is 0 Å². The average Bonchev–Trinajstić information content (AvgIpc) is 3.51. The lowest BCUT2D eigenvalue weighted by molar-refractivity contribution is -0.141. The number of urea groups is 1. The van der Waals surface area contributed by atoms with E-state index in [2.05, 4.69) is 20.2 Å². The molecule has 3 aliphatic heterocycles. The molecule has 3 aromatic rings. The zero-order chi connectivity index (χ0) is 28.9. The van der Waals surface area contributed by atoms with Crippen molar-refractivity contribution in [1.29, 1.82) is 0 Å². The quantitative estimate of drug-likeness (QED) is 0.392. The van der Waals surface area contributed by atoms with Gasteiger partial charge in [0.05, 0.1) is 46.5 Å². The predicted molar refractivity (Wildman–Crippen MR) is 146 cm³/mol. The van der Waals surface area contributed by atoms with Crippen LogP contribution in [0.4, 0.5) is 35.2 Å². The second-order valence-electron chi connectivity index (χ2n) is 10.6. The molecule has 5 heterocycles. The molecular weight excluding hydrogens is 563 g/mol. The van der Waals surface area contributed by atoms with Crippen molar-refractivity contribution in [1.82, 2.24) is 9.97 Å². The van der Waals surface area contributed by atoms with Gasteiger partial charge in [0, 0.05) is 24.7 Å². The van der Waals surface area contributed by atoms with Gasteiger partial charge in [-0.25, -0.2) is 14.8 Å². The first kappa shape index (κ1) is 27.6. The Balaban J connectivity index is 1.21. The maximum absolute atomic E-state index is 13.6. The number of amides is 2. The monoisotopic (exact) mass is 589 g/mol. The number of carbonyl (C=O) groups is 1. The summed E-state index contributed by atoms with van der Waals surface area (Å²) < 4.78 is 57.1. The molecular formula is C28H27ClF3N5O4. The molecule has 2 atom stereocenters. The van der Waals surface area contributed by atoms with Gasteiger partial charge in [-0.15, -0.1) is 0 Å². The number of hydrogen-bond acceptors (Lipinski definition) is 7. The number of nitrogens with zero attached hydrogens (tertiary/aromatic N) is 4. The lowest BCUT2D eigenvalue weighted by Gasteiger charge is -2.36. The molecule has 2 saturated heterocycles. The Labute approximate surface area is 239 Å². The van der Waals surface area contributed by atoms with Crippen molar-refractivity contribution >= 4 is 34.8 Å². The minimum absolute atomic E-state index is 0.167. The first-order chi connectivity index (χ1) is 19.5. The zero-order valence-electron chi connectivity index (χ0n) is 22.2. The lowest BCUT2D eigenvalue weighted by Crippen LogP contribution is -2.48. The van der Waals surface area contributed by atoms with Crippen molar-refractivity contribution in [3.05, 3.63) is 59.2 Å². The molecule has 2 fully saturated rings. The molecule has 0 unspecified atom stereocenters. The van der Waals surface area contributed by atoms with Crippen molar-refractivity contribution in [2.75, 3.05) is 41.4 Å². The van der Waals surface area contributed by atoms with Gasteiger partial charge in [0.1, 0.15) is 12.7 Å². The third-order valence-electron chi connectivity index (χ3n) is 7.19. The van der Waals surface area contributed by atoms with Crippen LogP contribution in [0.25, 0.3) is 11.3 Å². The maximum atomic E-state index is 13.6. The van der Waals surface area contributed by atoms with Gasteiger partial charge in [0.15, 0.2) is 11.6 Å². The summed E-state index contributed by atoms with van der Waals surface area (Å²) in [5, 5.41) is 3.06. The molecule has 2 bridgehead atoms. The highest BCUT2D eigenvalue weighted by Crippen LogP contribution is 2.44. The van der Waals surface area contributed by atoms with Crippen molar-refractivity contribution in [3.63, 3.8) is 0 Å². The second kappa shape index (κ2) is 10.3. The van der Waals surface area contributed by atoms with Crippen molar-refractivity contribution in [2.45, 2.75) is 44.4 Å². The van der Waals surface area contributed by atoms with Gasteiger partial charge in [-0.3, -0.25) is 4.90 Å². The normalized spacial score (nSPS) is 21.1. The van der Waals surface area contributed by atoms with Gasteiger partial charge in [-0.05, 0) is 44.5 Å². The van der Waals surface area contributed by atoms with E-state index in [4.69, 9.17) is 25.8 Å². The number of anilines is 3. The van der Waals surface area contributed by atoms with Crippen LogP contribution >= 0.6 is 11.6 Å². The lowest BCUT2D eigenvalue weighted by atomic mass is 10.1. The highest BCUT2D eigenvalue weighted by Gasteiger charge is 2.41. The van der Waals surface area contributed by atoms with Crippen LogP contribution in [-0.4, -0.2) is 60.2 Å². The van der Waals surface area contributed by atoms with Gasteiger partial charge >= 0.3 is 12.2 Å². The Bertz CT molecular complexity index is 1470. The Hall–Kier alpha value is -3.61.